The zero-order valence-corrected chi connectivity index (χ0v) is 14.2. The molecule has 2 rings (SSSR count). The highest BCUT2D eigenvalue weighted by Crippen LogP contribution is 2.24. The van der Waals surface area contributed by atoms with E-state index in [1.165, 1.54) is 12.5 Å². The Morgan fingerprint density at radius 1 is 1.50 bits per heavy atom. The molecule has 1 N–H and O–H groups in total. The van der Waals surface area contributed by atoms with E-state index >= 15 is 0 Å². The zero-order valence-electron chi connectivity index (χ0n) is 13.4. The van der Waals surface area contributed by atoms with Gasteiger partial charge < -0.3 is 9.73 Å². The predicted molar refractivity (Wildman–Crippen MR) is 89.2 cm³/mol. The van der Waals surface area contributed by atoms with Gasteiger partial charge in [0.25, 0.3) is 11.7 Å². The summed E-state index contributed by atoms with van der Waals surface area (Å²) in [5.74, 6) is -1.76. The molecule has 1 aromatic rings. The minimum Gasteiger partial charge on any atom is -0.461 e. The van der Waals surface area contributed by atoms with E-state index in [1.807, 2.05) is 6.07 Å². The number of nitrogens with zero attached hydrogens (tertiary/aromatic N) is 1. The van der Waals surface area contributed by atoms with Gasteiger partial charge in [0.2, 0.25) is 0 Å². The summed E-state index contributed by atoms with van der Waals surface area (Å²) in [6, 6.07) is 5.09. The number of hydrogen-bond donors (Lipinski definition) is 1. The molecule has 0 saturated heterocycles. The Hall–Kier alpha value is -1.81. The third-order valence-electron chi connectivity index (χ3n) is 4.11. The molecule has 0 unspecified atom stereocenters. The van der Waals surface area contributed by atoms with Crippen LogP contribution in [0.4, 0.5) is 8.78 Å². The van der Waals surface area contributed by atoms with Crippen molar-refractivity contribution in [3.8, 4) is 6.07 Å². The highest BCUT2D eigenvalue weighted by molar-refractivity contribution is 7.98. The summed E-state index contributed by atoms with van der Waals surface area (Å²) in [7, 11) is 0. The molecule has 0 aliphatic heterocycles. The van der Waals surface area contributed by atoms with Crippen LogP contribution < -0.4 is 5.32 Å². The van der Waals surface area contributed by atoms with Crippen LogP contribution in [0.15, 0.2) is 22.1 Å². The van der Waals surface area contributed by atoms with Gasteiger partial charge in [-0.2, -0.15) is 14.0 Å². The molecule has 1 fully saturated rings. The van der Waals surface area contributed by atoms with Gasteiger partial charge in [0, 0.05) is 12.1 Å². The van der Waals surface area contributed by atoms with E-state index in [9.17, 15) is 18.8 Å². The van der Waals surface area contributed by atoms with Crippen LogP contribution in [0.3, 0.4) is 0 Å². The number of carbonyl (C=O) groups excluding carboxylic acids is 1. The van der Waals surface area contributed by atoms with Gasteiger partial charge >= 0.3 is 0 Å². The second-order valence-corrected chi connectivity index (χ2v) is 6.87. The first kappa shape index (κ1) is 18.5. The molecule has 1 saturated carbocycles. The molecule has 0 aromatic carbocycles. The van der Waals surface area contributed by atoms with Crippen LogP contribution in [0.5, 0.6) is 0 Å². The summed E-state index contributed by atoms with van der Waals surface area (Å²) in [6.45, 7) is 2.10. The molecule has 1 aliphatic carbocycles. The number of thioether (sulfide) groups is 1. The summed E-state index contributed by atoms with van der Waals surface area (Å²) >= 11 is 0.460. The van der Waals surface area contributed by atoms with Gasteiger partial charge in [-0.1, -0.05) is 31.5 Å². The number of halogens is 2. The summed E-state index contributed by atoms with van der Waals surface area (Å²) in [6.07, 6.45) is 5.57. The molecule has 1 heterocycles. The van der Waals surface area contributed by atoms with Crippen molar-refractivity contribution in [2.75, 3.05) is 0 Å². The van der Waals surface area contributed by atoms with Crippen molar-refractivity contribution in [2.24, 2.45) is 5.92 Å². The highest BCUT2D eigenvalue weighted by atomic mass is 32.2. The van der Waals surface area contributed by atoms with Crippen molar-refractivity contribution < 1.29 is 18.0 Å². The molecule has 7 heteroatoms. The summed E-state index contributed by atoms with van der Waals surface area (Å²) in [5, 5.41) is 12.1. The third kappa shape index (κ3) is 5.38. The average Bonchev–Trinajstić information content (AvgIpc) is 3.00. The van der Waals surface area contributed by atoms with Gasteiger partial charge in [-0.3, -0.25) is 4.79 Å². The lowest BCUT2D eigenvalue weighted by atomic mass is 9.86. The molecule has 24 heavy (non-hydrogen) atoms. The molecule has 0 radical (unpaired) electrons. The maximum Gasteiger partial charge on any atom is 0.284 e. The maximum atomic E-state index is 12.3. The number of nitriles is 1. The van der Waals surface area contributed by atoms with Crippen molar-refractivity contribution in [2.45, 2.75) is 50.2 Å². The average molecular weight is 354 g/mol. The monoisotopic (exact) mass is 354 g/mol. The summed E-state index contributed by atoms with van der Waals surface area (Å²) < 4.78 is 29.7. The number of hydrogen-bond acceptors (Lipinski definition) is 4. The molecule has 0 bridgehead atoms. The Bertz CT molecular complexity index is 637. The van der Waals surface area contributed by atoms with Gasteiger partial charge in [0.1, 0.15) is 23.2 Å². The normalized spacial score (nSPS) is 21.5. The van der Waals surface area contributed by atoms with Crippen LogP contribution >= 0.6 is 11.8 Å². The van der Waals surface area contributed by atoms with Crippen molar-refractivity contribution >= 4 is 23.7 Å². The number of amides is 1. The zero-order chi connectivity index (χ0) is 17.5. The molecular formula is C17H20F2N2O2S. The van der Waals surface area contributed by atoms with Crippen molar-refractivity contribution in [1.29, 1.82) is 5.26 Å². The van der Waals surface area contributed by atoms with Crippen LogP contribution in [0.25, 0.3) is 6.08 Å². The molecular weight excluding hydrogens is 334 g/mol. The molecule has 4 nitrogen and oxygen atoms in total. The molecule has 1 aromatic heterocycles. The fourth-order valence-electron chi connectivity index (χ4n) is 2.76. The quantitative estimate of drug-likeness (QED) is 0.610. The van der Waals surface area contributed by atoms with Gasteiger partial charge in [-0.15, -0.1) is 0 Å². The topological polar surface area (TPSA) is 66.0 Å². The summed E-state index contributed by atoms with van der Waals surface area (Å²) in [4.78, 5) is 12.3. The molecule has 1 amide bonds. The molecule has 1 aliphatic rings. The third-order valence-corrected chi connectivity index (χ3v) is 4.82. The largest absolute Gasteiger partial charge is 0.461 e. The Morgan fingerprint density at radius 3 is 2.92 bits per heavy atom. The van der Waals surface area contributed by atoms with E-state index in [4.69, 9.17) is 4.42 Å². The Kier molecular flexibility index (Phi) is 6.85. The van der Waals surface area contributed by atoms with Crippen molar-refractivity contribution in [1.82, 2.24) is 5.32 Å². The number of alkyl halides is 2. The minimum absolute atomic E-state index is 0.0409. The van der Waals surface area contributed by atoms with Crippen LogP contribution in [0, 0.1) is 17.2 Å². The second kappa shape index (κ2) is 8.88. The van der Waals surface area contributed by atoms with E-state index in [1.54, 1.807) is 12.1 Å². The SMILES string of the molecule is C[C@@H]1CCCC[C@@H]1NC(=O)/C(C#N)=C/c1ccc(CSC(F)F)o1. The van der Waals surface area contributed by atoms with Crippen LogP contribution in [0.1, 0.15) is 44.1 Å². The first-order chi connectivity index (χ1) is 11.5. The number of rotatable bonds is 6. The predicted octanol–water partition coefficient (Wildman–Crippen LogP) is 4.34. The Balaban J connectivity index is 2.00. The lowest BCUT2D eigenvalue weighted by Crippen LogP contribution is -2.41. The minimum atomic E-state index is -2.47. The van der Waals surface area contributed by atoms with Crippen LogP contribution in [-0.2, 0) is 10.5 Å². The van der Waals surface area contributed by atoms with E-state index < -0.39 is 11.7 Å². The van der Waals surface area contributed by atoms with E-state index in [-0.39, 0.29) is 17.4 Å². The van der Waals surface area contributed by atoms with Gasteiger partial charge in [0.05, 0.1) is 5.75 Å². The van der Waals surface area contributed by atoms with Crippen molar-refractivity contribution in [3.63, 3.8) is 0 Å². The van der Waals surface area contributed by atoms with Gasteiger partial charge in [0.15, 0.2) is 0 Å². The number of furan rings is 1. The number of carbonyl (C=O) groups is 1. The first-order valence-electron chi connectivity index (χ1n) is 7.90. The van der Waals surface area contributed by atoms with Gasteiger partial charge in [-0.25, -0.2) is 0 Å². The van der Waals surface area contributed by atoms with Crippen molar-refractivity contribution in [3.05, 3.63) is 29.2 Å². The lowest BCUT2D eigenvalue weighted by Gasteiger charge is -2.29. The maximum absolute atomic E-state index is 12.3. The standard InChI is InChI=1S/C17H20F2N2O2S/c1-11-4-2-3-5-15(11)21-16(22)12(9-20)8-13-6-7-14(23-13)10-24-17(18)19/h6-8,11,15,17H,2-5,10H2,1H3,(H,21,22)/b12-8+/t11-,15+/m1/s1. The fraction of sp³-hybridized carbons (Fsp3) is 0.529. The number of nitrogens with one attached hydrogen (secondary N) is 1. The van der Waals surface area contributed by atoms with E-state index in [2.05, 4.69) is 12.2 Å². The van der Waals surface area contributed by atoms with Crippen LogP contribution in [0.2, 0.25) is 0 Å². The Morgan fingerprint density at radius 2 is 2.25 bits per heavy atom. The van der Waals surface area contributed by atoms with E-state index in [0.29, 0.717) is 29.2 Å². The fourth-order valence-corrected chi connectivity index (χ4v) is 3.21. The lowest BCUT2D eigenvalue weighted by molar-refractivity contribution is -0.118. The second-order valence-electron chi connectivity index (χ2n) is 5.89. The first-order valence-corrected chi connectivity index (χ1v) is 8.95. The van der Waals surface area contributed by atoms with Gasteiger partial charge in [-0.05, 0) is 30.9 Å². The van der Waals surface area contributed by atoms with E-state index in [0.717, 1.165) is 19.3 Å². The highest BCUT2D eigenvalue weighted by Gasteiger charge is 2.24. The molecule has 0 spiro atoms. The summed E-state index contributed by atoms with van der Waals surface area (Å²) in [5.41, 5.74) is -0.0461. The molecule has 130 valence electrons. The molecule has 2 atom stereocenters. The van der Waals surface area contributed by atoms with Crippen LogP contribution in [-0.4, -0.2) is 17.7 Å². The smallest absolute Gasteiger partial charge is 0.284 e. The Labute approximate surface area is 144 Å².